The van der Waals surface area contributed by atoms with E-state index in [2.05, 4.69) is 0 Å². The van der Waals surface area contributed by atoms with Crippen molar-refractivity contribution in [2.45, 2.75) is 6.90 Å². The van der Waals surface area contributed by atoms with Gasteiger partial charge in [-0.15, -0.1) is 0 Å². The van der Waals surface area contributed by atoms with E-state index in [0.29, 0.717) is 0 Å². The normalized spacial score (nSPS) is 18.4. The highest BCUT2D eigenvalue weighted by molar-refractivity contribution is 5.38. The summed E-state index contributed by atoms with van der Waals surface area (Å²) in [7, 11) is 0. The molecule has 0 saturated carbocycles. The van der Waals surface area contributed by atoms with E-state index >= 15 is 0 Å². The highest BCUT2D eigenvalue weighted by Gasteiger charge is 1.80. The van der Waals surface area contributed by atoms with Crippen LogP contribution >= 0.6 is 0 Å². The lowest BCUT2D eigenvalue weighted by molar-refractivity contribution is -0.00000175. The largest absolute Gasteiger partial charge is 1.00 e. The van der Waals surface area contributed by atoms with Gasteiger partial charge in [0.1, 0.15) is 0 Å². The first kappa shape index (κ1) is 2.27. The molecule has 0 amide bonds. The van der Waals surface area contributed by atoms with Gasteiger partial charge in [0.15, 0.2) is 2.82 Å². The van der Waals surface area contributed by atoms with Crippen molar-refractivity contribution in [3.8, 4) is 0 Å². The van der Waals surface area contributed by atoms with Gasteiger partial charge < -0.3 is 22.7 Å². The van der Waals surface area contributed by atoms with E-state index < -0.39 is 17.8 Å². The summed E-state index contributed by atoms with van der Waals surface area (Å²) in [6, 6.07) is -1.62. The van der Waals surface area contributed by atoms with Gasteiger partial charge in [0.25, 0.3) is 0 Å². The lowest BCUT2D eigenvalue weighted by atomic mass is 10.2. The Balaban J connectivity index is 0.00000225. The molecule has 0 aromatic heterocycles. The maximum Gasteiger partial charge on any atom is 0.156 e. The van der Waals surface area contributed by atoms with Gasteiger partial charge in [-0.2, -0.15) is 0 Å². The number of nitrogen functional groups attached to an aromatic ring is 1. The van der Waals surface area contributed by atoms with E-state index in [1.54, 1.807) is 0 Å². The number of hydrogen-bond donors (Lipinski definition) is 1. The smallest absolute Gasteiger partial charge is 0.156 e. The van der Waals surface area contributed by atoms with E-state index in [-0.39, 0.29) is 47.2 Å². The van der Waals surface area contributed by atoms with Crippen LogP contribution in [-0.2, 0) is 0 Å². The molecule has 0 atom stereocenters. The molecule has 0 spiro atoms. The van der Waals surface area contributed by atoms with Crippen molar-refractivity contribution in [3.05, 3.63) is 29.7 Å². The highest BCUT2D eigenvalue weighted by Crippen LogP contribution is 2.02. The molecular formula is C7H9BrN-. The summed E-state index contributed by atoms with van der Waals surface area (Å²) >= 11 is 0. The predicted octanol–water partition coefficient (Wildman–Crippen LogP) is -1.42. The van der Waals surface area contributed by atoms with Crippen LogP contribution in [0.25, 0.3) is 0 Å². The summed E-state index contributed by atoms with van der Waals surface area (Å²) in [6.07, 6.45) is 0. The van der Waals surface area contributed by atoms with Crippen LogP contribution in [0.2, 0.25) is 2.82 Å². The van der Waals surface area contributed by atoms with Crippen LogP contribution in [0.3, 0.4) is 0 Å². The van der Waals surface area contributed by atoms with E-state index in [4.69, 9.17) is 9.68 Å². The molecule has 2 N–H and O–H groups in total. The molecule has 1 aromatic rings. The van der Waals surface area contributed by atoms with Gasteiger partial charge in [-0.05, 0) is 19.0 Å². The van der Waals surface area contributed by atoms with Crippen molar-refractivity contribution in [3.63, 3.8) is 0 Å². The first-order chi connectivity index (χ1) is 6.91. The molecule has 0 aliphatic rings. The molecule has 1 rings (SSSR count). The molecule has 0 aliphatic heterocycles. The van der Waals surface area contributed by atoms with Crippen LogP contribution < -0.4 is 22.7 Å². The summed E-state index contributed by atoms with van der Waals surface area (Å²) < 4.78 is 50.8. The standard InChI is InChI=1S/C7H9N.BrH/c1-6-2-4-7(8)5-3-6;/h2-5H,8H2,1H3;1H/p-1/i1D,2D,3D,4D,5D;/hD2. The van der Waals surface area contributed by atoms with Gasteiger partial charge in [-0.25, -0.2) is 0 Å². The van der Waals surface area contributed by atoms with Crippen LogP contribution in [-0.4, -0.2) is 0 Å². The topological polar surface area (TPSA) is 26.0 Å². The average Bonchev–Trinajstić information content (AvgIpc) is 2.16. The van der Waals surface area contributed by atoms with Crippen LogP contribution in [0.4, 0.5) is 5.69 Å². The number of hydrogen-bond acceptors (Lipinski definition) is 1. The van der Waals surface area contributed by atoms with Crippen molar-refractivity contribution in [2.24, 2.45) is 0 Å². The Hall–Kier alpha value is -0.500. The van der Waals surface area contributed by atoms with E-state index in [1.807, 2.05) is 0 Å². The highest BCUT2D eigenvalue weighted by atomic mass is 79.9. The molecule has 1 nitrogen and oxygen atoms in total. The van der Waals surface area contributed by atoms with Gasteiger partial charge in [-0.1, -0.05) is 17.6 Å². The monoisotopic (exact) mass is 193 g/mol. The zero-order valence-electron chi connectivity index (χ0n) is 11.5. The second-order valence-electron chi connectivity index (χ2n) is 1.33. The number of benzene rings is 1. The minimum atomic E-state index is -0.455. The Bertz CT molecular complexity index is 366. The molecular weight excluding hydrogens is 178 g/mol. The van der Waals surface area contributed by atoms with Crippen LogP contribution in [0.1, 0.15) is 12.4 Å². The predicted molar refractivity (Wildman–Crippen MR) is 35.6 cm³/mol. The number of rotatable bonds is 1. The van der Waals surface area contributed by atoms with Crippen molar-refractivity contribution in [2.75, 3.05) is 5.72 Å². The van der Waals surface area contributed by atoms with Crippen LogP contribution in [0.15, 0.2) is 24.2 Å². The van der Waals surface area contributed by atoms with Crippen LogP contribution in [0.5, 0.6) is 0 Å². The lowest BCUT2D eigenvalue weighted by Crippen LogP contribution is -3.00. The molecule has 0 heterocycles. The summed E-state index contributed by atoms with van der Waals surface area (Å²) in [5.74, 6) is 0. The van der Waals surface area contributed by atoms with Gasteiger partial charge in [0, 0.05) is 7.06 Å². The SMILES string of the molecule is [2H]Cc1c([2H])c([2H])c(N([2H])[2H])c([2H])c1[2H].[Br-]. The van der Waals surface area contributed by atoms with Crippen LogP contribution in [0, 0.1) is 6.90 Å². The molecule has 0 aliphatic carbocycles. The maximum absolute atomic E-state index is 7.46. The maximum atomic E-state index is 7.46. The van der Waals surface area contributed by atoms with E-state index in [0.717, 1.165) is 0 Å². The van der Waals surface area contributed by atoms with Crippen molar-refractivity contribution < 1.29 is 26.7 Å². The zero-order valence-corrected chi connectivity index (χ0v) is 6.12. The number of halogens is 1. The summed E-state index contributed by atoms with van der Waals surface area (Å²) in [5, 5.41) is 0. The van der Waals surface area contributed by atoms with Crippen molar-refractivity contribution in [1.82, 2.24) is 0 Å². The Morgan fingerprint density at radius 3 is 2.67 bits per heavy atom. The number of anilines is 1. The second kappa shape index (κ2) is 3.51. The fraction of sp³-hybridized carbons (Fsp3) is 0.143. The van der Waals surface area contributed by atoms with Gasteiger partial charge >= 0.3 is 0 Å². The quantitative estimate of drug-likeness (QED) is 0.545. The molecule has 50 valence electrons. The molecule has 0 unspecified atom stereocenters. The third-order valence-corrected chi connectivity index (χ3v) is 0.664. The van der Waals surface area contributed by atoms with E-state index in [9.17, 15) is 0 Å². The summed E-state index contributed by atoms with van der Waals surface area (Å²) in [6.45, 7) is -0.355. The minimum absolute atomic E-state index is 0. The first-order valence-corrected chi connectivity index (χ1v) is 2.08. The molecule has 0 bridgehead atoms. The molecule has 1 aromatic carbocycles. The first-order valence-electron chi connectivity index (χ1n) is 5.68. The summed E-state index contributed by atoms with van der Waals surface area (Å²) in [4.78, 5) is 0. The Kier molecular flexibility index (Phi) is 0.887. The Morgan fingerprint density at radius 2 is 2.22 bits per heavy atom. The number of nitrogens with two attached hydrogens (primary N) is 1. The zero-order chi connectivity index (χ0) is 11.7. The van der Waals surface area contributed by atoms with Gasteiger partial charge in [0.2, 0.25) is 0 Å². The van der Waals surface area contributed by atoms with Crippen molar-refractivity contribution >= 4 is 5.69 Å². The fourth-order valence-corrected chi connectivity index (χ4v) is 0.332. The second-order valence-corrected chi connectivity index (χ2v) is 1.33. The van der Waals surface area contributed by atoms with Gasteiger partial charge in [0.05, 0.1) is 5.48 Å². The molecule has 0 saturated heterocycles. The van der Waals surface area contributed by atoms with Gasteiger partial charge in [-0.3, -0.25) is 0 Å². The summed E-state index contributed by atoms with van der Waals surface area (Å²) in [5.41, 5.74) is -0.369. The fourth-order valence-electron chi connectivity index (χ4n) is 0.332. The van der Waals surface area contributed by atoms with Crippen molar-refractivity contribution in [1.29, 1.82) is 0 Å². The third-order valence-electron chi connectivity index (χ3n) is 0.664. The third kappa shape index (κ3) is 2.51. The lowest BCUT2D eigenvalue weighted by Gasteiger charge is -1.90. The average molecular weight is 194 g/mol. The molecule has 0 fully saturated rings. The Morgan fingerprint density at radius 1 is 1.56 bits per heavy atom. The molecule has 0 radical (unpaired) electrons. The molecule has 2 heteroatoms. The molecule has 9 heavy (non-hydrogen) atoms. The van der Waals surface area contributed by atoms with E-state index in [1.165, 1.54) is 0 Å². The Labute approximate surface area is 75.6 Å². The minimum Gasteiger partial charge on any atom is -1.00 e.